The lowest BCUT2D eigenvalue weighted by Crippen LogP contribution is -2.41. The summed E-state index contributed by atoms with van der Waals surface area (Å²) in [4.78, 5) is 12.7. The van der Waals surface area contributed by atoms with Gasteiger partial charge in [-0.15, -0.1) is 11.3 Å². The average Bonchev–Trinajstić information content (AvgIpc) is 3.31. The summed E-state index contributed by atoms with van der Waals surface area (Å²) in [5, 5.41) is 8.06. The number of guanidine groups is 1. The molecule has 2 heterocycles. The fraction of sp³-hybridized carbons (Fsp3) is 0.524. The maximum atomic E-state index is 5.51. The van der Waals surface area contributed by atoms with Gasteiger partial charge in [0.2, 0.25) is 0 Å². The molecule has 2 N–H and O–H groups in total. The molecule has 2 aromatic rings. The zero-order valence-corrected chi connectivity index (χ0v) is 18.1. The van der Waals surface area contributed by atoms with E-state index in [1.165, 1.54) is 22.0 Å². The molecule has 0 amide bonds. The molecule has 3 rings (SSSR count). The van der Waals surface area contributed by atoms with Crippen LogP contribution in [0.1, 0.15) is 22.0 Å². The summed E-state index contributed by atoms with van der Waals surface area (Å²) in [5.41, 5.74) is 2.33. The number of methoxy groups -OCH3 is 1. The lowest BCUT2D eigenvalue weighted by Gasteiger charge is -2.21. The molecule has 1 aliphatic rings. The predicted octanol–water partition coefficient (Wildman–Crippen LogP) is 3.00. The highest BCUT2D eigenvalue weighted by atomic mass is 32.1. The molecule has 0 aliphatic carbocycles. The first-order valence-electron chi connectivity index (χ1n) is 9.86. The number of hydrogen-bond donors (Lipinski definition) is 2. The zero-order chi connectivity index (χ0) is 19.9. The number of para-hydroxylation sites is 2. The van der Waals surface area contributed by atoms with E-state index in [9.17, 15) is 0 Å². The Kier molecular flexibility index (Phi) is 7.14. The predicted molar refractivity (Wildman–Crippen MR) is 118 cm³/mol. The number of rotatable bonds is 7. The first-order chi connectivity index (χ1) is 13.6. The van der Waals surface area contributed by atoms with Gasteiger partial charge in [-0.2, -0.15) is 0 Å². The van der Waals surface area contributed by atoms with Crippen LogP contribution < -0.4 is 20.3 Å². The minimum atomic E-state index is 0.590. The van der Waals surface area contributed by atoms with Crippen molar-refractivity contribution >= 4 is 23.0 Å². The first-order valence-corrected chi connectivity index (χ1v) is 10.7. The lowest BCUT2D eigenvalue weighted by molar-refractivity contribution is 0.414. The van der Waals surface area contributed by atoms with Gasteiger partial charge in [0, 0.05) is 44.5 Å². The number of aliphatic imine (C=N–C) groups is 1. The summed E-state index contributed by atoms with van der Waals surface area (Å²) in [6.45, 7) is 8.04. The highest BCUT2D eigenvalue weighted by Gasteiger charge is 2.24. The molecule has 1 fully saturated rings. The SMILES string of the molecule is CN=C(NCCc1nc(C)c(C)s1)NCC1CCN(c2ccccc2OC)C1. The van der Waals surface area contributed by atoms with Gasteiger partial charge in [0.05, 0.1) is 23.5 Å². The van der Waals surface area contributed by atoms with Crippen LogP contribution in [0, 0.1) is 19.8 Å². The summed E-state index contributed by atoms with van der Waals surface area (Å²) in [6, 6.07) is 8.25. The van der Waals surface area contributed by atoms with Gasteiger partial charge < -0.3 is 20.3 Å². The van der Waals surface area contributed by atoms with Crippen LogP contribution in [0.25, 0.3) is 0 Å². The second-order valence-corrected chi connectivity index (χ2v) is 8.44. The van der Waals surface area contributed by atoms with E-state index in [1.54, 1.807) is 18.4 Å². The molecule has 1 unspecified atom stereocenters. The van der Waals surface area contributed by atoms with E-state index in [0.717, 1.165) is 50.0 Å². The number of aryl methyl sites for hydroxylation is 2. The zero-order valence-electron chi connectivity index (χ0n) is 17.3. The molecule has 7 heteroatoms. The first kappa shape index (κ1) is 20.5. The third-order valence-electron chi connectivity index (χ3n) is 5.20. The summed E-state index contributed by atoms with van der Waals surface area (Å²) >= 11 is 1.78. The van der Waals surface area contributed by atoms with Crippen LogP contribution in [0.15, 0.2) is 29.3 Å². The molecular weight excluding hydrogens is 370 g/mol. The fourth-order valence-electron chi connectivity index (χ4n) is 3.50. The van der Waals surface area contributed by atoms with Crippen molar-refractivity contribution in [3.8, 4) is 5.75 Å². The molecule has 1 saturated heterocycles. The van der Waals surface area contributed by atoms with Crippen molar-refractivity contribution in [2.75, 3.05) is 45.2 Å². The number of thiazole rings is 1. The summed E-state index contributed by atoms with van der Waals surface area (Å²) in [5.74, 6) is 2.40. The molecular formula is C21H31N5OS. The smallest absolute Gasteiger partial charge is 0.191 e. The Morgan fingerprint density at radius 1 is 1.32 bits per heavy atom. The van der Waals surface area contributed by atoms with Crippen molar-refractivity contribution in [1.29, 1.82) is 0 Å². The van der Waals surface area contributed by atoms with Crippen molar-refractivity contribution < 1.29 is 4.74 Å². The third kappa shape index (κ3) is 5.16. The molecule has 1 atom stereocenters. The van der Waals surface area contributed by atoms with Crippen molar-refractivity contribution in [2.24, 2.45) is 10.9 Å². The quantitative estimate of drug-likeness (QED) is 0.552. The van der Waals surface area contributed by atoms with E-state index >= 15 is 0 Å². The van der Waals surface area contributed by atoms with Crippen molar-refractivity contribution in [2.45, 2.75) is 26.7 Å². The maximum Gasteiger partial charge on any atom is 0.191 e. The van der Waals surface area contributed by atoms with Gasteiger partial charge in [0.15, 0.2) is 5.96 Å². The average molecular weight is 402 g/mol. The second kappa shape index (κ2) is 9.78. The number of anilines is 1. The van der Waals surface area contributed by atoms with E-state index in [4.69, 9.17) is 4.74 Å². The van der Waals surface area contributed by atoms with E-state index in [2.05, 4.69) is 51.5 Å². The van der Waals surface area contributed by atoms with Gasteiger partial charge >= 0.3 is 0 Å². The third-order valence-corrected chi connectivity index (χ3v) is 6.33. The number of benzene rings is 1. The van der Waals surface area contributed by atoms with Crippen LogP contribution in [-0.2, 0) is 6.42 Å². The second-order valence-electron chi connectivity index (χ2n) is 7.15. The number of hydrogen-bond acceptors (Lipinski definition) is 5. The molecule has 0 spiro atoms. The maximum absolute atomic E-state index is 5.51. The Balaban J connectivity index is 1.43. The molecule has 0 bridgehead atoms. The minimum Gasteiger partial charge on any atom is -0.495 e. The van der Waals surface area contributed by atoms with E-state index in [0.29, 0.717) is 5.92 Å². The molecule has 0 saturated carbocycles. The van der Waals surface area contributed by atoms with Gasteiger partial charge in [-0.1, -0.05) is 12.1 Å². The highest BCUT2D eigenvalue weighted by molar-refractivity contribution is 7.11. The Hall–Kier alpha value is -2.28. The summed E-state index contributed by atoms with van der Waals surface area (Å²) in [6.07, 6.45) is 2.09. The largest absolute Gasteiger partial charge is 0.495 e. The molecule has 28 heavy (non-hydrogen) atoms. The van der Waals surface area contributed by atoms with E-state index in [1.807, 2.05) is 19.2 Å². The van der Waals surface area contributed by atoms with E-state index < -0.39 is 0 Å². The van der Waals surface area contributed by atoms with Gasteiger partial charge in [-0.25, -0.2) is 4.98 Å². The van der Waals surface area contributed by atoms with Gasteiger partial charge in [0.1, 0.15) is 5.75 Å². The summed E-state index contributed by atoms with van der Waals surface area (Å²) < 4.78 is 5.51. The molecule has 6 nitrogen and oxygen atoms in total. The Morgan fingerprint density at radius 2 is 2.14 bits per heavy atom. The van der Waals surface area contributed by atoms with Crippen LogP contribution in [0.5, 0.6) is 5.75 Å². The van der Waals surface area contributed by atoms with Gasteiger partial charge in [-0.05, 0) is 38.3 Å². The normalized spacial score (nSPS) is 17.1. The van der Waals surface area contributed by atoms with Crippen LogP contribution in [0.3, 0.4) is 0 Å². The lowest BCUT2D eigenvalue weighted by atomic mass is 10.1. The molecule has 0 radical (unpaired) electrons. The molecule has 152 valence electrons. The monoisotopic (exact) mass is 401 g/mol. The Bertz CT molecular complexity index is 784. The highest BCUT2D eigenvalue weighted by Crippen LogP contribution is 2.31. The molecule has 1 aliphatic heterocycles. The van der Waals surface area contributed by atoms with Gasteiger partial charge in [0.25, 0.3) is 0 Å². The number of aromatic nitrogens is 1. The minimum absolute atomic E-state index is 0.590. The standard InChI is InChI=1S/C21H31N5OS/c1-15-16(2)28-20(25-15)9-11-23-21(22-3)24-13-17-10-12-26(14-17)18-7-5-6-8-19(18)27-4/h5-8,17H,9-14H2,1-4H3,(H2,22,23,24). The van der Waals surface area contributed by atoms with Crippen LogP contribution in [-0.4, -0.2) is 51.3 Å². The number of nitrogens with zero attached hydrogens (tertiary/aromatic N) is 3. The van der Waals surface area contributed by atoms with Gasteiger partial charge in [-0.3, -0.25) is 4.99 Å². The Labute approximate surface area is 172 Å². The number of ether oxygens (including phenoxy) is 1. The topological polar surface area (TPSA) is 61.8 Å². The van der Waals surface area contributed by atoms with Crippen molar-refractivity contribution in [3.05, 3.63) is 39.8 Å². The summed E-state index contributed by atoms with van der Waals surface area (Å²) in [7, 11) is 3.56. The van der Waals surface area contributed by atoms with E-state index in [-0.39, 0.29) is 0 Å². The molecule has 1 aromatic carbocycles. The molecule has 1 aromatic heterocycles. The van der Waals surface area contributed by atoms with Crippen LogP contribution in [0.2, 0.25) is 0 Å². The van der Waals surface area contributed by atoms with Crippen molar-refractivity contribution in [1.82, 2.24) is 15.6 Å². The van der Waals surface area contributed by atoms with Crippen LogP contribution in [0.4, 0.5) is 5.69 Å². The number of nitrogens with one attached hydrogen (secondary N) is 2. The van der Waals surface area contributed by atoms with Crippen molar-refractivity contribution in [3.63, 3.8) is 0 Å². The fourth-order valence-corrected chi connectivity index (χ4v) is 4.44. The Morgan fingerprint density at radius 3 is 2.86 bits per heavy atom. The van der Waals surface area contributed by atoms with Crippen LogP contribution >= 0.6 is 11.3 Å².